The zero-order valence-electron chi connectivity index (χ0n) is 14.7. The van der Waals surface area contributed by atoms with E-state index in [-0.39, 0.29) is 5.91 Å². The Balaban J connectivity index is 1.70. The molecule has 0 radical (unpaired) electrons. The zero-order chi connectivity index (χ0) is 18.1. The van der Waals surface area contributed by atoms with Crippen LogP contribution in [0.2, 0.25) is 10.0 Å². The molecule has 25 heavy (non-hydrogen) atoms. The van der Waals surface area contributed by atoms with E-state index in [1.54, 1.807) is 18.2 Å². The van der Waals surface area contributed by atoms with E-state index >= 15 is 0 Å². The molecule has 5 heteroatoms. The van der Waals surface area contributed by atoms with E-state index in [0.29, 0.717) is 10.0 Å². The third-order valence-corrected chi connectivity index (χ3v) is 5.11. The summed E-state index contributed by atoms with van der Waals surface area (Å²) < 4.78 is 0. The molecule has 0 bridgehead atoms. The number of nitrogens with one attached hydrogen (secondary N) is 1. The van der Waals surface area contributed by atoms with Crippen molar-refractivity contribution in [2.75, 3.05) is 26.2 Å². The molecule has 0 atom stereocenters. The first-order valence-corrected chi connectivity index (χ1v) is 9.62. The largest absolute Gasteiger partial charge is 0.353 e. The molecule has 0 spiro atoms. The van der Waals surface area contributed by atoms with E-state index in [0.717, 1.165) is 30.6 Å². The van der Waals surface area contributed by atoms with Crippen LogP contribution in [0.4, 0.5) is 0 Å². The standard InChI is InChI=1S/C20H26Cl2N2O/c1-16(17-9-10-18(21)19(22)15-17)7-5-8-20(25)23-11-6-14-24-12-3-2-4-13-24/h5,7-10,15H,2-4,6,11-14H2,1H3,(H,23,25)/b8-5+,16-7+. The molecule has 1 heterocycles. The quantitative estimate of drug-likeness (QED) is 0.412. The van der Waals surface area contributed by atoms with Gasteiger partial charge < -0.3 is 10.2 Å². The molecule has 1 N–H and O–H groups in total. The van der Waals surface area contributed by atoms with E-state index in [1.165, 1.54) is 32.4 Å². The fourth-order valence-electron chi connectivity index (χ4n) is 2.87. The maximum Gasteiger partial charge on any atom is 0.243 e. The molecule has 1 aliphatic rings. The van der Waals surface area contributed by atoms with Crippen LogP contribution >= 0.6 is 23.2 Å². The topological polar surface area (TPSA) is 32.3 Å². The first-order valence-electron chi connectivity index (χ1n) is 8.87. The van der Waals surface area contributed by atoms with Crippen LogP contribution in [0.15, 0.2) is 36.4 Å². The van der Waals surface area contributed by atoms with Crippen molar-refractivity contribution in [1.29, 1.82) is 0 Å². The van der Waals surface area contributed by atoms with Gasteiger partial charge in [0.2, 0.25) is 5.91 Å². The van der Waals surface area contributed by atoms with Gasteiger partial charge in [-0.1, -0.05) is 47.8 Å². The monoisotopic (exact) mass is 380 g/mol. The summed E-state index contributed by atoms with van der Waals surface area (Å²) in [5, 5.41) is 4.00. The Morgan fingerprint density at radius 3 is 2.68 bits per heavy atom. The van der Waals surface area contributed by atoms with Gasteiger partial charge in [0.1, 0.15) is 0 Å². The Bertz CT molecular complexity index is 635. The molecule has 1 saturated heterocycles. The number of halogens is 2. The fraction of sp³-hybridized carbons (Fsp3) is 0.450. The van der Waals surface area contributed by atoms with Crippen LogP contribution in [0.5, 0.6) is 0 Å². The molecule has 3 nitrogen and oxygen atoms in total. The van der Waals surface area contributed by atoms with Gasteiger partial charge >= 0.3 is 0 Å². The molecule has 1 aromatic carbocycles. The first kappa shape index (κ1) is 20.0. The van der Waals surface area contributed by atoms with E-state index < -0.39 is 0 Å². The second kappa shape index (κ2) is 10.6. The van der Waals surface area contributed by atoms with Crippen LogP contribution in [0.25, 0.3) is 5.57 Å². The van der Waals surface area contributed by atoms with Crippen LogP contribution in [-0.2, 0) is 4.79 Å². The number of rotatable bonds is 7. The molecule has 1 fully saturated rings. The Kier molecular flexibility index (Phi) is 8.53. The summed E-state index contributed by atoms with van der Waals surface area (Å²) in [5.41, 5.74) is 2.01. The summed E-state index contributed by atoms with van der Waals surface area (Å²) in [7, 11) is 0. The second-order valence-corrected chi connectivity index (χ2v) is 7.20. The SMILES string of the molecule is C/C(=C\C=C\C(=O)NCCCN1CCCCC1)c1ccc(Cl)c(Cl)c1. The highest BCUT2D eigenvalue weighted by Gasteiger charge is 2.08. The van der Waals surface area contributed by atoms with Crippen molar-refractivity contribution in [3.63, 3.8) is 0 Å². The first-order chi connectivity index (χ1) is 12.1. The predicted octanol–water partition coefficient (Wildman–Crippen LogP) is 4.95. The fourth-order valence-corrected chi connectivity index (χ4v) is 3.17. The van der Waals surface area contributed by atoms with Gasteiger partial charge in [-0.15, -0.1) is 0 Å². The number of likely N-dealkylation sites (tertiary alicyclic amines) is 1. The van der Waals surface area contributed by atoms with Gasteiger partial charge in [-0.25, -0.2) is 0 Å². The molecule has 0 aliphatic carbocycles. The van der Waals surface area contributed by atoms with Gasteiger partial charge in [-0.05, 0) is 69.1 Å². The Morgan fingerprint density at radius 1 is 1.20 bits per heavy atom. The molecule has 1 aliphatic heterocycles. The number of hydrogen-bond donors (Lipinski definition) is 1. The van der Waals surface area contributed by atoms with Crippen molar-refractivity contribution >= 4 is 34.7 Å². The normalized spacial score (nSPS) is 16.4. The minimum Gasteiger partial charge on any atom is -0.353 e. The summed E-state index contributed by atoms with van der Waals surface area (Å²) in [5.74, 6) is -0.0585. The van der Waals surface area contributed by atoms with Crippen LogP contribution in [0.1, 0.15) is 38.2 Å². The van der Waals surface area contributed by atoms with Gasteiger partial charge in [0.25, 0.3) is 0 Å². The maximum absolute atomic E-state index is 11.8. The summed E-state index contributed by atoms with van der Waals surface area (Å²) in [6.45, 7) is 6.16. The lowest BCUT2D eigenvalue weighted by atomic mass is 10.1. The number of carbonyl (C=O) groups excluding carboxylic acids is 1. The van der Waals surface area contributed by atoms with Crippen molar-refractivity contribution < 1.29 is 4.79 Å². The number of amides is 1. The molecule has 136 valence electrons. The lowest BCUT2D eigenvalue weighted by Gasteiger charge is -2.26. The van der Waals surface area contributed by atoms with Crippen molar-refractivity contribution in [1.82, 2.24) is 10.2 Å². The predicted molar refractivity (Wildman–Crippen MR) is 107 cm³/mol. The number of piperidine rings is 1. The molecule has 2 rings (SSSR count). The minimum absolute atomic E-state index is 0.0585. The van der Waals surface area contributed by atoms with E-state index in [1.807, 2.05) is 25.1 Å². The van der Waals surface area contributed by atoms with E-state index in [2.05, 4.69) is 10.2 Å². The van der Waals surface area contributed by atoms with Crippen LogP contribution in [-0.4, -0.2) is 37.0 Å². The highest BCUT2D eigenvalue weighted by Crippen LogP contribution is 2.25. The highest BCUT2D eigenvalue weighted by atomic mass is 35.5. The molecule has 0 aromatic heterocycles. The lowest BCUT2D eigenvalue weighted by Crippen LogP contribution is -2.33. The average molecular weight is 381 g/mol. The third kappa shape index (κ3) is 7.23. The number of benzene rings is 1. The number of carbonyl (C=O) groups is 1. The van der Waals surface area contributed by atoms with Crippen molar-refractivity contribution in [2.45, 2.75) is 32.6 Å². The average Bonchev–Trinajstić information content (AvgIpc) is 2.62. The molecule has 1 amide bonds. The zero-order valence-corrected chi connectivity index (χ0v) is 16.2. The lowest BCUT2D eigenvalue weighted by molar-refractivity contribution is -0.116. The number of allylic oxidation sites excluding steroid dienone is 3. The second-order valence-electron chi connectivity index (χ2n) is 6.38. The molecular weight excluding hydrogens is 355 g/mol. The smallest absolute Gasteiger partial charge is 0.243 e. The third-order valence-electron chi connectivity index (χ3n) is 4.37. The molecular formula is C20H26Cl2N2O. The van der Waals surface area contributed by atoms with Crippen molar-refractivity contribution in [3.8, 4) is 0 Å². The number of hydrogen-bond acceptors (Lipinski definition) is 2. The Labute approximate surface area is 160 Å². The summed E-state index contributed by atoms with van der Waals surface area (Å²) in [6.07, 6.45) is 10.2. The Hall–Kier alpha value is -1.29. The molecule has 1 aromatic rings. The maximum atomic E-state index is 11.8. The van der Waals surface area contributed by atoms with E-state index in [4.69, 9.17) is 23.2 Å². The van der Waals surface area contributed by atoms with Crippen LogP contribution in [0, 0.1) is 0 Å². The number of nitrogens with zero attached hydrogens (tertiary/aromatic N) is 1. The minimum atomic E-state index is -0.0585. The van der Waals surface area contributed by atoms with Crippen LogP contribution in [0.3, 0.4) is 0 Å². The molecule has 0 saturated carbocycles. The summed E-state index contributed by atoms with van der Waals surface area (Å²) in [4.78, 5) is 14.3. The van der Waals surface area contributed by atoms with Crippen molar-refractivity contribution in [2.24, 2.45) is 0 Å². The highest BCUT2D eigenvalue weighted by molar-refractivity contribution is 6.42. The van der Waals surface area contributed by atoms with Crippen molar-refractivity contribution in [3.05, 3.63) is 52.0 Å². The van der Waals surface area contributed by atoms with E-state index in [9.17, 15) is 4.79 Å². The van der Waals surface area contributed by atoms with Gasteiger partial charge in [-0.3, -0.25) is 4.79 Å². The van der Waals surface area contributed by atoms with Gasteiger partial charge in [0.05, 0.1) is 10.0 Å². The van der Waals surface area contributed by atoms with Gasteiger partial charge in [-0.2, -0.15) is 0 Å². The summed E-state index contributed by atoms with van der Waals surface area (Å²) in [6, 6.07) is 5.51. The van der Waals surface area contributed by atoms with Gasteiger partial charge in [0, 0.05) is 12.6 Å². The summed E-state index contributed by atoms with van der Waals surface area (Å²) >= 11 is 11.9. The Morgan fingerprint density at radius 2 is 1.96 bits per heavy atom. The van der Waals surface area contributed by atoms with Crippen LogP contribution < -0.4 is 5.32 Å². The van der Waals surface area contributed by atoms with Gasteiger partial charge in [0.15, 0.2) is 0 Å². The molecule has 0 unspecified atom stereocenters.